The van der Waals surface area contributed by atoms with E-state index in [9.17, 15) is 62.3 Å². The van der Waals surface area contributed by atoms with Gasteiger partial charge in [-0.25, -0.2) is 34.3 Å². The van der Waals surface area contributed by atoms with Crippen LogP contribution in [0.25, 0.3) is 0 Å². The number of aromatic nitrogens is 8. The maximum absolute atomic E-state index is 12.5. The van der Waals surface area contributed by atoms with Crippen molar-refractivity contribution in [1.29, 1.82) is 0 Å². The van der Waals surface area contributed by atoms with E-state index in [0.29, 0.717) is 89.1 Å². The Hall–Kier alpha value is -9.16. The molecule has 37 heteroatoms. The van der Waals surface area contributed by atoms with Crippen LogP contribution in [0.3, 0.4) is 0 Å². The lowest BCUT2D eigenvalue weighted by atomic mass is 10.1. The maximum Gasteiger partial charge on any atom is 0.410 e. The Morgan fingerprint density at radius 2 is 0.788 bits per heavy atom. The Morgan fingerprint density at radius 1 is 0.444 bits per heavy atom. The summed E-state index contributed by atoms with van der Waals surface area (Å²) in [5, 5.41) is 13.3. The number of imide groups is 3. The lowest BCUT2D eigenvalue weighted by Crippen LogP contribution is -2.50. The molecule has 4 aromatic rings. The molecule has 11 rings (SSSR count). The smallest absolute Gasteiger partial charge is 0.410 e. The molecule has 11 heterocycles. The van der Waals surface area contributed by atoms with E-state index in [1.807, 2.05) is 77.0 Å². The molecule has 542 valence electrons. The quantitative estimate of drug-likeness (QED) is 0.0638. The summed E-state index contributed by atoms with van der Waals surface area (Å²) in [5.74, 6) is -0.178. The number of anilines is 3. The van der Waals surface area contributed by atoms with E-state index < -0.39 is 35.1 Å². The number of piperidine rings is 3. The predicted octanol–water partition coefficient (Wildman–Crippen LogP) is 1.17. The number of piperazine rings is 4. The number of alkyl halides is 1. The molecule has 7 fully saturated rings. The maximum atomic E-state index is 12.5. The zero-order chi connectivity index (χ0) is 72.8. The Labute approximate surface area is 583 Å². The van der Waals surface area contributed by atoms with Crippen LogP contribution in [0.2, 0.25) is 5.15 Å². The summed E-state index contributed by atoms with van der Waals surface area (Å²) in [4.78, 5) is 181. The van der Waals surface area contributed by atoms with Crippen molar-refractivity contribution in [3.63, 3.8) is 0 Å². The van der Waals surface area contributed by atoms with Gasteiger partial charge in [-0.2, -0.15) is 0 Å². The van der Waals surface area contributed by atoms with Crippen LogP contribution in [0.15, 0.2) is 68.8 Å². The number of hydrogen-bond donors (Lipinski definition) is 7. The highest BCUT2D eigenvalue weighted by Crippen LogP contribution is 2.22. The second-order valence-electron chi connectivity index (χ2n) is 26.2. The monoisotopic (exact) mass is 1470 g/mol. The highest BCUT2D eigenvalue weighted by molar-refractivity contribution is 9.10. The number of nitrogens with one attached hydrogen (secondary N) is 7. The van der Waals surface area contributed by atoms with Gasteiger partial charge in [0.2, 0.25) is 35.4 Å². The molecule has 0 bridgehead atoms. The summed E-state index contributed by atoms with van der Waals surface area (Å²) in [7, 11) is 0. The first kappa shape index (κ1) is 78.8. The van der Waals surface area contributed by atoms with E-state index in [1.54, 1.807) is 14.7 Å². The van der Waals surface area contributed by atoms with Crippen molar-refractivity contribution in [2.75, 3.05) is 119 Å². The summed E-state index contributed by atoms with van der Waals surface area (Å²) in [6.07, 6.45) is 6.64. The van der Waals surface area contributed by atoms with Gasteiger partial charge in [-0.05, 0) is 81.6 Å². The van der Waals surface area contributed by atoms with Gasteiger partial charge in [0.1, 0.15) is 64.1 Å². The van der Waals surface area contributed by atoms with E-state index in [0.717, 1.165) is 52.4 Å². The normalized spacial score (nSPS) is 19.7. The average molecular weight is 1470 g/mol. The molecule has 9 amide bonds. The van der Waals surface area contributed by atoms with E-state index in [4.69, 9.17) is 25.8 Å². The molecule has 0 radical (unpaired) electrons. The SMILES string of the molecule is CC(C)(C)OC(=O)N1CCN(c2cc(=O)[nH]cn2)CC1.CC(C)(C)OC(=O)N1CCN(c2cc(=O)n(C3CCC(=O)NC3=O)cn2)CC1.CC(C)(C)OC(=O)N1CCNCC1.O=C1CCC(Br)C(=O)N1.O=C1CCC(n2cnc(N3CCNCC3)cc2=O)C(=O)N1.O=c1cc(Cl)nc[nH]1. The highest BCUT2D eigenvalue weighted by Gasteiger charge is 2.33. The number of carbonyl (C=O) groups is 9. The Kier molecular flexibility index (Phi) is 29.1. The lowest BCUT2D eigenvalue weighted by molar-refractivity contribution is -0.137. The fourth-order valence-electron chi connectivity index (χ4n) is 10.0. The molecule has 0 aliphatic carbocycles. The predicted molar refractivity (Wildman–Crippen MR) is 365 cm³/mol. The first-order valence-corrected chi connectivity index (χ1v) is 33.6. The summed E-state index contributed by atoms with van der Waals surface area (Å²) < 4.78 is 18.5. The number of aromatic amines is 2. The molecule has 0 spiro atoms. The van der Waals surface area contributed by atoms with Crippen molar-refractivity contribution in [3.05, 3.63) is 96.1 Å². The summed E-state index contributed by atoms with van der Waals surface area (Å²) >= 11 is 8.43. The average Bonchev–Trinajstić information content (AvgIpc) is 0.815. The second kappa shape index (κ2) is 36.6. The zero-order valence-corrected chi connectivity index (χ0v) is 59.4. The van der Waals surface area contributed by atoms with Gasteiger partial charge in [0.05, 0.1) is 17.5 Å². The van der Waals surface area contributed by atoms with Crippen LogP contribution < -0.4 is 63.5 Å². The van der Waals surface area contributed by atoms with Crippen molar-refractivity contribution < 1.29 is 57.4 Å². The van der Waals surface area contributed by atoms with Crippen LogP contribution in [-0.4, -0.2) is 234 Å². The fraction of sp³-hybridized carbons (Fsp3) is 0.597. The van der Waals surface area contributed by atoms with Crippen LogP contribution in [0, 0.1) is 0 Å². The molecule has 0 aromatic carbocycles. The highest BCUT2D eigenvalue weighted by atomic mass is 79.9. The second-order valence-corrected chi connectivity index (χ2v) is 27.7. The molecule has 35 nitrogen and oxygen atoms in total. The topological polar surface area (TPSA) is 422 Å². The van der Waals surface area contributed by atoms with Crippen molar-refractivity contribution in [2.45, 2.75) is 135 Å². The van der Waals surface area contributed by atoms with Gasteiger partial charge >= 0.3 is 18.3 Å². The minimum Gasteiger partial charge on any atom is -0.444 e. The summed E-state index contributed by atoms with van der Waals surface area (Å²) in [5.41, 5.74) is -2.45. The van der Waals surface area contributed by atoms with E-state index in [2.05, 4.69) is 72.4 Å². The number of nitrogens with zero attached hydrogens (tertiary/aromatic N) is 12. The number of amides is 9. The first-order valence-electron chi connectivity index (χ1n) is 32.3. The van der Waals surface area contributed by atoms with Gasteiger partial charge in [0, 0.05) is 148 Å². The van der Waals surface area contributed by atoms with E-state index in [-0.39, 0.29) is 99.0 Å². The fourth-order valence-corrected chi connectivity index (χ4v) is 10.5. The summed E-state index contributed by atoms with van der Waals surface area (Å²) in [6.45, 7) is 27.5. The molecule has 0 saturated carbocycles. The standard InChI is InChI=1S/C18H25N5O5.C13H17N5O3.C13H20N4O3.C9H18N2O2.C5H6BrNO2.C4H3ClN2O/c1-18(2,3)28-17(27)22-8-6-21(7-9-22)13-10-15(25)23(11-19-13)12-4-5-14(24)20-16(12)26;19-11-2-1-9(13(21)16-11)18-8-15-10(7-12(18)20)17-5-3-14-4-6-17;1-13(2,3)20-12(19)17-6-4-16(5-7-17)10-8-11(18)15-9-14-10;1-9(2,3)13-8(12)11-6-4-10-5-7-11;6-3-1-2-4(8)7-5(3)9;5-3-1-4(8)7-2-6-3/h10-12H,4-9H2,1-3H3,(H,20,24,26);7-9,14H,1-6H2,(H,16,19,21);8-9H,4-7H2,1-3H3,(H,14,15,18);10H,4-7H2,1-3H3;3H,1-2H2,(H,7,8,9);1-2H,(H,6,7,8). The third-order valence-electron chi connectivity index (χ3n) is 14.9. The largest absolute Gasteiger partial charge is 0.444 e. The van der Waals surface area contributed by atoms with Crippen molar-refractivity contribution in [2.24, 2.45) is 0 Å². The van der Waals surface area contributed by atoms with Crippen molar-refractivity contribution in [1.82, 2.24) is 80.3 Å². The van der Waals surface area contributed by atoms with Crippen LogP contribution >= 0.6 is 27.5 Å². The molecular weight excluding hydrogens is 1380 g/mol. The van der Waals surface area contributed by atoms with E-state index >= 15 is 0 Å². The molecule has 4 aromatic heterocycles. The number of halogens is 2. The third-order valence-corrected chi connectivity index (χ3v) is 16.0. The molecule has 3 atom stereocenters. The minimum atomic E-state index is -0.726. The number of H-pyrrole nitrogens is 2. The number of ether oxygens (including phenoxy) is 3. The Balaban J connectivity index is 0.000000196. The van der Waals surface area contributed by atoms with Gasteiger partial charge in [-0.3, -0.25) is 73.0 Å². The molecular formula is C62H89BrClN19O16. The van der Waals surface area contributed by atoms with Crippen LogP contribution in [-0.2, 0) is 43.0 Å². The van der Waals surface area contributed by atoms with Crippen LogP contribution in [0.4, 0.5) is 31.8 Å². The first-order chi connectivity index (χ1) is 46.6. The van der Waals surface area contributed by atoms with Gasteiger partial charge in [0.15, 0.2) is 0 Å². The molecule has 7 saturated heterocycles. The van der Waals surface area contributed by atoms with Gasteiger partial charge < -0.3 is 64.2 Å². The van der Waals surface area contributed by atoms with Crippen LogP contribution in [0.1, 0.15) is 113 Å². The zero-order valence-electron chi connectivity index (χ0n) is 57.1. The van der Waals surface area contributed by atoms with Crippen molar-refractivity contribution in [3.8, 4) is 0 Å². The van der Waals surface area contributed by atoms with Gasteiger partial charge in [-0.1, -0.05) is 27.5 Å². The van der Waals surface area contributed by atoms with Gasteiger partial charge in [-0.15, -0.1) is 0 Å². The lowest BCUT2D eigenvalue weighted by Gasteiger charge is -2.36. The molecule has 7 N–H and O–H groups in total. The van der Waals surface area contributed by atoms with E-state index in [1.165, 1.54) is 58.7 Å². The third kappa shape index (κ3) is 26.6. The number of rotatable bonds is 5. The Bertz CT molecular complexity index is 3710. The molecule has 3 unspecified atom stereocenters. The van der Waals surface area contributed by atoms with Gasteiger partial charge in [0.25, 0.3) is 22.2 Å². The van der Waals surface area contributed by atoms with Crippen LogP contribution in [0.5, 0.6) is 0 Å². The Morgan fingerprint density at radius 3 is 1.12 bits per heavy atom. The van der Waals surface area contributed by atoms with Crippen molar-refractivity contribution >= 4 is 98.7 Å². The molecule has 7 aliphatic rings. The summed E-state index contributed by atoms with van der Waals surface area (Å²) in [6, 6.07) is 4.13. The number of hydrogen-bond acceptors (Lipinski definition) is 25. The number of carbonyl (C=O) groups excluding carboxylic acids is 9. The minimum absolute atomic E-state index is 0.171. The molecule has 7 aliphatic heterocycles. The molecule has 99 heavy (non-hydrogen) atoms.